The lowest BCUT2D eigenvalue weighted by molar-refractivity contribution is 0.0773. The molecular weight excluding hydrogens is 386 g/mol. The molecule has 0 unspecified atom stereocenters. The van der Waals surface area contributed by atoms with E-state index in [4.69, 9.17) is 0 Å². The van der Waals surface area contributed by atoms with Crippen LogP contribution in [0.1, 0.15) is 73.7 Å². The van der Waals surface area contributed by atoms with Gasteiger partial charge in [-0.05, 0) is 68.0 Å². The van der Waals surface area contributed by atoms with E-state index >= 15 is 0 Å². The van der Waals surface area contributed by atoms with Gasteiger partial charge in [0.1, 0.15) is 0 Å². The van der Waals surface area contributed by atoms with Crippen molar-refractivity contribution in [2.45, 2.75) is 52.9 Å². The molecule has 0 atom stereocenters. The second kappa shape index (κ2) is 9.54. The maximum atomic E-state index is 13.2. The summed E-state index contributed by atoms with van der Waals surface area (Å²) in [6.45, 7) is 13.7. The Morgan fingerprint density at radius 1 is 0.968 bits per heavy atom. The molecule has 1 aliphatic heterocycles. The zero-order valence-electron chi connectivity index (χ0n) is 19.5. The maximum absolute atomic E-state index is 13.2. The number of nitrogens with zero attached hydrogens (tertiary/aromatic N) is 2. The van der Waals surface area contributed by atoms with E-state index in [-0.39, 0.29) is 17.2 Å². The number of nitrogens with one attached hydrogen (secondary N) is 1. The molecule has 1 N–H and O–H groups in total. The van der Waals surface area contributed by atoms with Gasteiger partial charge in [-0.1, -0.05) is 32.9 Å². The van der Waals surface area contributed by atoms with Gasteiger partial charge in [0.15, 0.2) is 0 Å². The molecule has 0 aliphatic carbocycles. The SMILES string of the molecule is CCN(CC)C(=O)c1cc(NC(=O)c2ccc(C(C)(C)C)cc2)ccc1N1CCCC1. The van der Waals surface area contributed by atoms with Crippen LogP contribution in [0.3, 0.4) is 0 Å². The van der Waals surface area contributed by atoms with Crippen molar-refractivity contribution < 1.29 is 9.59 Å². The van der Waals surface area contributed by atoms with Crippen LogP contribution in [0.4, 0.5) is 11.4 Å². The number of hydrogen-bond acceptors (Lipinski definition) is 3. The Labute approximate surface area is 186 Å². The largest absolute Gasteiger partial charge is 0.371 e. The molecule has 1 heterocycles. The minimum atomic E-state index is -0.171. The summed E-state index contributed by atoms with van der Waals surface area (Å²) in [4.78, 5) is 30.1. The zero-order valence-corrected chi connectivity index (χ0v) is 19.5. The van der Waals surface area contributed by atoms with Crippen LogP contribution in [0.5, 0.6) is 0 Å². The fourth-order valence-electron chi connectivity index (χ4n) is 4.02. The number of carbonyl (C=O) groups excluding carboxylic acids is 2. The highest BCUT2D eigenvalue weighted by Gasteiger charge is 2.23. The summed E-state index contributed by atoms with van der Waals surface area (Å²) < 4.78 is 0. The van der Waals surface area contributed by atoms with Crippen LogP contribution in [-0.4, -0.2) is 42.9 Å². The topological polar surface area (TPSA) is 52.7 Å². The Morgan fingerprint density at radius 3 is 2.13 bits per heavy atom. The molecule has 5 nitrogen and oxygen atoms in total. The molecule has 0 aromatic heterocycles. The highest BCUT2D eigenvalue weighted by atomic mass is 16.2. The molecule has 1 saturated heterocycles. The Morgan fingerprint density at radius 2 is 1.58 bits per heavy atom. The summed E-state index contributed by atoms with van der Waals surface area (Å²) in [7, 11) is 0. The first kappa shape index (κ1) is 22.9. The van der Waals surface area contributed by atoms with Crippen LogP contribution in [0.2, 0.25) is 0 Å². The third kappa shape index (κ3) is 5.27. The van der Waals surface area contributed by atoms with E-state index in [2.05, 4.69) is 31.0 Å². The summed E-state index contributed by atoms with van der Waals surface area (Å²) in [6, 6.07) is 13.4. The molecular formula is C26H35N3O2. The molecule has 1 aliphatic rings. The van der Waals surface area contributed by atoms with Crippen molar-refractivity contribution in [1.82, 2.24) is 4.90 Å². The van der Waals surface area contributed by atoms with E-state index in [0.717, 1.165) is 31.6 Å². The third-order valence-electron chi connectivity index (χ3n) is 6.00. The van der Waals surface area contributed by atoms with Crippen LogP contribution in [0, 0.1) is 0 Å². The van der Waals surface area contributed by atoms with E-state index in [9.17, 15) is 9.59 Å². The Kier molecular flexibility index (Phi) is 7.04. The number of anilines is 2. The lowest BCUT2D eigenvalue weighted by atomic mass is 9.87. The normalized spacial score (nSPS) is 13.9. The molecule has 0 saturated carbocycles. The zero-order chi connectivity index (χ0) is 22.6. The van der Waals surface area contributed by atoms with Crippen molar-refractivity contribution in [1.29, 1.82) is 0 Å². The standard InChI is InChI=1S/C26H35N3O2/c1-6-28(7-2)25(31)22-18-21(14-15-23(22)29-16-8-9-17-29)27-24(30)19-10-12-20(13-11-19)26(3,4)5/h10-15,18H,6-9,16-17H2,1-5H3,(H,27,30). The van der Waals surface area contributed by atoms with Gasteiger partial charge in [-0.2, -0.15) is 0 Å². The molecule has 31 heavy (non-hydrogen) atoms. The van der Waals surface area contributed by atoms with Crippen LogP contribution < -0.4 is 10.2 Å². The summed E-state index contributed by atoms with van der Waals surface area (Å²) in [6.07, 6.45) is 2.28. The van der Waals surface area contributed by atoms with E-state index in [1.165, 1.54) is 5.56 Å². The van der Waals surface area contributed by atoms with Gasteiger partial charge in [-0.15, -0.1) is 0 Å². The third-order valence-corrected chi connectivity index (χ3v) is 6.00. The molecule has 2 amide bonds. The number of amides is 2. The minimum absolute atomic E-state index is 0.0116. The maximum Gasteiger partial charge on any atom is 0.256 e. The van der Waals surface area contributed by atoms with Crippen LogP contribution in [0.15, 0.2) is 42.5 Å². The van der Waals surface area contributed by atoms with Gasteiger partial charge in [-0.25, -0.2) is 0 Å². The van der Waals surface area contributed by atoms with Gasteiger partial charge in [0.2, 0.25) is 0 Å². The van der Waals surface area contributed by atoms with Crippen LogP contribution in [0.25, 0.3) is 0 Å². The first-order valence-electron chi connectivity index (χ1n) is 11.3. The van der Waals surface area contributed by atoms with Crippen molar-refractivity contribution in [3.63, 3.8) is 0 Å². The minimum Gasteiger partial charge on any atom is -0.371 e. The second-order valence-corrected chi connectivity index (χ2v) is 9.19. The summed E-state index contributed by atoms with van der Waals surface area (Å²) >= 11 is 0. The Balaban J connectivity index is 1.86. The fourth-order valence-corrected chi connectivity index (χ4v) is 4.02. The van der Waals surface area contributed by atoms with Gasteiger partial charge < -0.3 is 15.1 Å². The molecule has 2 aromatic rings. The monoisotopic (exact) mass is 421 g/mol. The van der Waals surface area contributed by atoms with Gasteiger partial charge >= 0.3 is 0 Å². The predicted octanol–water partition coefficient (Wildman–Crippen LogP) is 5.32. The lowest BCUT2D eigenvalue weighted by Gasteiger charge is -2.25. The number of carbonyl (C=O) groups is 2. The van der Waals surface area contributed by atoms with Crippen molar-refractivity contribution in [2.24, 2.45) is 0 Å². The molecule has 5 heteroatoms. The fraction of sp³-hybridized carbons (Fsp3) is 0.462. The Bertz CT molecular complexity index is 919. The van der Waals surface area contributed by atoms with Gasteiger partial charge in [-0.3, -0.25) is 9.59 Å². The van der Waals surface area contributed by atoms with Crippen molar-refractivity contribution in [2.75, 3.05) is 36.4 Å². The number of hydrogen-bond donors (Lipinski definition) is 1. The number of benzene rings is 2. The average Bonchev–Trinajstić information content (AvgIpc) is 3.28. The quantitative estimate of drug-likeness (QED) is 0.687. The summed E-state index contributed by atoms with van der Waals surface area (Å²) in [5, 5.41) is 2.98. The first-order chi connectivity index (χ1) is 14.7. The van der Waals surface area contributed by atoms with Gasteiger partial charge in [0, 0.05) is 43.1 Å². The highest BCUT2D eigenvalue weighted by Crippen LogP contribution is 2.29. The highest BCUT2D eigenvalue weighted by molar-refractivity contribution is 6.06. The molecule has 0 radical (unpaired) electrons. The van der Waals surface area contributed by atoms with E-state index < -0.39 is 0 Å². The smallest absolute Gasteiger partial charge is 0.256 e. The molecule has 3 rings (SSSR count). The van der Waals surface area contributed by atoms with Gasteiger partial charge in [0.05, 0.1) is 5.56 Å². The average molecular weight is 422 g/mol. The Hall–Kier alpha value is -2.82. The molecule has 2 aromatic carbocycles. The van der Waals surface area contributed by atoms with Crippen molar-refractivity contribution >= 4 is 23.2 Å². The molecule has 1 fully saturated rings. The molecule has 0 spiro atoms. The number of rotatable bonds is 6. The summed E-state index contributed by atoms with van der Waals surface area (Å²) in [5.74, 6) is -0.159. The first-order valence-corrected chi connectivity index (χ1v) is 11.3. The predicted molar refractivity (Wildman–Crippen MR) is 128 cm³/mol. The summed E-state index contributed by atoms with van der Waals surface area (Å²) in [5.41, 5.74) is 4.09. The lowest BCUT2D eigenvalue weighted by Crippen LogP contribution is -2.32. The second-order valence-electron chi connectivity index (χ2n) is 9.19. The van der Waals surface area contributed by atoms with Gasteiger partial charge in [0.25, 0.3) is 11.8 Å². The van der Waals surface area contributed by atoms with Crippen LogP contribution >= 0.6 is 0 Å². The van der Waals surface area contributed by atoms with Crippen molar-refractivity contribution in [3.05, 3.63) is 59.2 Å². The van der Waals surface area contributed by atoms with E-state index in [0.29, 0.717) is 29.9 Å². The van der Waals surface area contributed by atoms with Crippen LogP contribution in [-0.2, 0) is 5.41 Å². The van der Waals surface area contributed by atoms with Crippen molar-refractivity contribution in [3.8, 4) is 0 Å². The molecule has 166 valence electrons. The van der Waals surface area contributed by atoms with E-state index in [1.807, 2.05) is 61.2 Å². The molecule has 0 bridgehead atoms. The van der Waals surface area contributed by atoms with E-state index in [1.54, 1.807) is 0 Å².